The number of likely N-dealkylation sites (tertiary alicyclic amines) is 1. The Morgan fingerprint density at radius 3 is 2.60 bits per heavy atom. The second kappa shape index (κ2) is 11.5. The smallest absolute Gasteiger partial charge is 0.234 e. The summed E-state index contributed by atoms with van der Waals surface area (Å²) in [5.74, 6) is 0.861. The van der Waals surface area contributed by atoms with Crippen LogP contribution in [0.1, 0.15) is 47.9 Å². The number of hydrogen-bond acceptors (Lipinski definition) is 9. The number of nitrogens with zero attached hydrogens (tertiary/aromatic N) is 1. The number of Topliss-reactive ketones (excluding diaryl/α,β-unsaturated/α-hetero) is 1. The lowest BCUT2D eigenvalue weighted by atomic mass is 9.64. The van der Waals surface area contributed by atoms with E-state index in [4.69, 9.17) is 26.7 Å². The number of carbonyl (C=O) groups excluding carboxylic acids is 2. The van der Waals surface area contributed by atoms with E-state index >= 15 is 0 Å². The molecule has 1 aliphatic carbocycles. The highest BCUT2D eigenvalue weighted by Crippen LogP contribution is 2.56. The van der Waals surface area contributed by atoms with Crippen LogP contribution < -0.4 is 32.0 Å². The van der Waals surface area contributed by atoms with Crippen LogP contribution in [0.2, 0.25) is 0 Å². The van der Waals surface area contributed by atoms with E-state index in [0.29, 0.717) is 40.7 Å². The highest BCUT2D eigenvalue weighted by Gasteiger charge is 2.57. The quantitative estimate of drug-likeness (QED) is 0.298. The second-order valence-corrected chi connectivity index (χ2v) is 12.9. The standard InChI is InChI=1S/C33H39N5O4S/c1-4-41-24-9-5-6-10-25(24)42-20-11-12-21(18(2)16-20)33(36)22-13-14-23(34)29-26(22)27(28(35)31(33)39)30(43-29)32(40)37-19-8-7-15-38(3)17-19/h5-6,9-14,16,19,27-28,30H,4,7-8,15,17,34-36H2,1-3H3,(H,37,40). The van der Waals surface area contributed by atoms with E-state index in [1.807, 2.05) is 56.3 Å². The van der Waals surface area contributed by atoms with Gasteiger partial charge in [0.2, 0.25) is 5.91 Å². The lowest BCUT2D eigenvalue weighted by Gasteiger charge is -2.42. The van der Waals surface area contributed by atoms with Gasteiger partial charge in [0.15, 0.2) is 17.3 Å². The molecule has 43 heavy (non-hydrogen) atoms. The summed E-state index contributed by atoms with van der Waals surface area (Å²) < 4.78 is 11.9. The molecule has 7 N–H and O–H groups in total. The highest BCUT2D eigenvalue weighted by molar-refractivity contribution is 8.01. The van der Waals surface area contributed by atoms with Crippen molar-refractivity contribution in [1.82, 2.24) is 10.2 Å². The number of ketones is 1. The van der Waals surface area contributed by atoms with Gasteiger partial charge in [-0.1, -0.05) is 24.3 Å². The molecule has 10 heteroatoms. The molecule has 5 unspecified atom stereocenters. The molecule has 0 radical (unpaired) electrons. The third-order valence-electron chi connectivity index (χ3n) is 8.86. The lowest BCUT2D eigenvalue weighted by molar-refractivity contribution is -0.126. The van der Waals surface area contributed by atoms with Gasteiger partial charge in [-0.25, -0.2) is 0 Å². The monoisotopic (exact) mass is 601 g/mol. The first-order chi connectivity index (χ1) is 20.6. The van der Waals surface area contributed by atoms with Crippen molar-refractivity contribution in [3.05, 3.63) is 76.9 Å². The summed E-state index contributed by atoms with van der Waals surface area (Å²) >= 11 is 1.39. The third-order valence-corrected chi connectivity index (χ3v) is 10.3. The Morgan fingerprint density at radius 2 is 1.88 bits per heavy atom. The van der Waals surface area contributed by atoms with Gasteiger partial charge in [0.05, 0.1) is 17.9 Å². The van der Waals surface area contributed by atoms with Crippen molar-refractivity contribution in [2.75, 3.05) is 32.5 Å². The maximum Gasteiger partial charge on any atom is 0.234 e. The molecule has 1 fully saturated rings. The first-order valence-corrected chi connectivity index (χ1v) is 15.7. The number of nitrogens with two attached hydrogens (primary N) is 3. The number of nitrogens with one attached hydrogen (secondary N) is 1. The summed E-state index contributed by atoms with van der Waals surface area (Å²) in [6.45, 7) is 6.15. The first kappa shape index (κ1) is 29.5. The van der Waals surface area contributed by atoms with Gasteiger partial charge in [0, 0.05) is 29.1 Å². The van der Waals surface area contributed by atoms with Gasteiger partial charge in [-0.2, -0.15) is 0 Å². The largest absolute Gasteiger partial charge is 0.490 e. The number of piperidine rings is 1. The number of amides is 1. The third kappa shape index (κ3) is 5.06. The number of thioether (sulfide) groups is 1. The summed E-state index contributed by atoms with van der Waals surface area (Å²) in [4.78, 5) is 30.9. The van der Waals surface area contributed by atoms with E-state index < -0.39 is 22.7 Å². The van der Waals surface area contributed by atoms with Gasteiger partial charge < -0.3 is 36.9 Å². The van der Waals surface area contributed by atoms with Crippen molar-refractivity contribution < 1.29 is 19.1 Å². The minimum absolute atomic E-state index is 0.0559. The molecule has 3 aliphatic rings. The van der Waals surface area contributed by atoms with Crippen molar-refractivity contribution in [1.29, 1.82) is 0 Å². The molecule has 0 bridgehead atoms. The molecule has 3 aromatic rings. The summed E-state index contributed by atoms with van der Waals surface area (Å²) in [5.41, 5.74) is 22.2. The molecule has 2 heterocycles. The van der Waals surface area contributed by atoms with Crippen LogP contribution in [0.3, 0.4) is 0 Å². The average Bonchev–Trinajstić information content (AvgIpc) is 3.39. The summed E-state index contributed by atoms with van der Waals surface area (Å²) in [6.07, 6.45) is 1.95. The number of aryl methyl sites for hydroxylation is 1. The van der Waals surface area contributed by atoms with Crippen molar-refractivity contribution >= 4 is 29.1 Å². The van der Waals surface area contributed by atoms with Gasteiger partial charge in [-0.05, 0) is 92.9 Å². The molecule has 1 amide bonds. The van der Waals surface area contributed by atoms with Gasteiger partial charge in [-0.15, -0.1) is 11.8 Å². The number of anilines is 1. The minimum Gasteiger partial charge on any atom is -0.490 e. The van der Waals surface area contributed by atoms with Crippen LogP contribution in [0, 0.1) is 6.92 Å². The van der Waals surface area contributed by atoms with E-state index in [0.717, 1.165) is 42.0 Å². The summed E-state index contributed by atoms with van der Waals surface area (Å²) in [6, 6.07) is 15.6. The Kier molecular flexibility index (Phi) is 7.89. The number of ether oxygens (including phenoxy) is 2. The van der Waals surface area contributed by atoms with Gasteiger partial charge in [0.1, 0.15) is 11.3 Å². The Bertz CT molecular complexity index is 1580. The molecule has 1 saturated heterocycles. The van der Waals surface area contributed by atoms with Crippen LogP contribution in [0.25, 0.3) is 0 Å². The summed E-state index contributed by atoms with van der Waals surface area (Å²) in [7, 11) is 2.06. The molecule has 0 spiro atoms. The molecule has 0 saturated carbocycles. The molecule has 226 valence electrons. The molecule has 0 aromatic heterocycles. The van der Waals surface area contributed by atoms with E-state index in [1.54, 1.807) is 12.1 Å². The number of likely N-dealkylation sites (N-methyl/N-ethyl adjacent to an activating group) is 1. The molecule has 5 atom stereocenters. The number of benzene rings is 3. The number of hydrogen-bond donors (Lipinski definition) is 4. The fourth-order valence-corrected chi connectivity index (χ4v) is 8.30. The first-order valence-electron chi connectivity index (χ1n) is 14.8. The van der Waals surface area contributed by atoms with Crippen molar-refractivity contribution in [3.63, 3.8) is 0 Å². The maximum atomic E-state index is 14.3. The summed E-state index contributed by atoms with van der Waals surface area (Å²) in [5, 5.41) is 2.65. The van der Waals surface area contributed by atoms with E-state index in [2.05, 4.69) is 17.3 Å². The number of rotatable bonds is 7. The molecule has 9 nitrogen and oxygen atoms in total. The molecule has 2 aliphatic heterocycles. The van der Waals surface area contributed by atoms with Crippen LogP contribution >= 0.6 is 11.8 Å². The van der Waals surface area contributed by atoms with E-state index in [-0.39, 0.29) is 17.7 Å². The van der Waals surface area contributed by atoms with E-state index in [1.165, 1.54) is 11.8 Å². The van der Waals surface area contributed by atoms with Crippen molar-refractivity contribution in [2.24, 2.45) is 11.5 Å². The van der Waals surface area contributed by atoms with Gasteiger partial charge in [0.25, 0.3) is 0 Å². The Morgan fingerprint density at radius 1 is 1.14 bits per heavy atom. The molecule has 3 aromatic carbocycles. The predicted octanol–water partition coefficient (Wildman–Crippen LogP) is 3.65. The van der Waals surface area contributed by atoms with Crippen LogP contribution in [0.5, 0.6) is 17.2 Å². The normalized spacial score (nSPS) is 26.6. The van der Waals surface area contributed by atoms with Crippen LogP contribution in [0.15, 0.2) is 59.5 Å². The number of para-hydroxylation sites is 2. The highest BCUT2D eigenvalue weighted by atomic mass is 32.2. The minimum atomic E-state index is -1.52. The zero-order chi connectivity index (χ0) is 30.5. The Balaban J connectivity index is 1.34. The van der Waals surface area contributed by atoms with Crippen LogP contribution in [-0.4, -0.2) is 60.7 Å². The maximum absolute atomic E-state index is 14.3. The molecule has 6 rings (SSSR count). The van der Waals surface area contributed by atoms with Gasteiger partial charge >= 0.3 is 0 Å². The topological polar surface area (TPSA) is 146 Å². The number of nitrogen functional groups attached to an aromatic ring is 1. The number of carbonyl (C=O) groups is 2. The molecular weight excluding hydrogens is 562 g/mol. The van der Waals surface area contributed by atoms with Crippen LogP contribution in [0.4, 0.5) is 5.69 Å². The zero-order valence-corrected chi connectivity index (χ0v) is 25.6. The van der Waals surface area contributed by atoms with Crippen LogP contribution in [-0.2, 0) is 15.1 Å². The fourth-order valence-electron chi connectivity index (χ4n) is 6.84. The van der Waals surface area contributed by atoms with E-state index in [9.17, 15) is 9.59 Å². The lowest BCUT2D eigenvalue weighted by Crippen LogP contribution is -2.61. The Hall–Kier alpha value is -3.57. The molecular formula is C33H39N5O4S. The zero-order valence-electron chi connectivity index (χ0n) is 24.8. The SMILES string of the molecule is CCOc1ccccc1Oc1ccc(C2(N)C(=O)C(N)C3c4c2ccc(N)c4SC3C(=O)NC2CCCN(C)C2)c(C)c1. The van der Waals surface area contributed by atoms with Crippen molar-refractivity contribution in [2.45, 2.75) is 60.4 Å². The fraction of sp³-hybridized carbons (Fsp3) is 0.394. The van der Waals surface area contributed by atoms with Gasteiger partial charge in [-0.3, -0.25) is 9.59 Å². The Labute approximate surface area is 256 Å². The predicted molar refractivity (Wildman–Crippen MR) is 169 cm³/mol. The van der Waals surface area contributed by atoms with Crippen molar-refractivity contribution in [3.8, 4) is 17.2 Å². The second-order valence-electron chi connectivity index (χ2n) is 11.8. The average molecular weight is 602 g/mol.